The van der Waals surface area contributed by atoms with Crippen LogP contribution in [0.1, 0.15) is 6.92 Å². The van der Waals surface area contributed by atoms with E-state index in [9.17, 15) is 9.36 Å². The predicted octanol–water partition coefficient (Wildman–Crippen LogP) is -1.32. The topological polar surface area (TPSA) is 115 Å². The van der Waals surface area contributed by atoms with Crippen molar-refractivity contribution in [3.8, 4) is 0 Å². The van der Waals surface area contributed by atoms with E-state index < -0.39 is 31.7 Å². The Morgan fingerprint density at radius 1 is 1.50 bits per heavy atom. The highest BCUT2D eigenvalue weighted by atomic mass is 31.2. The second-order valence-electron chi connectivity index (χ2n) is 2.40. The Bertz CT molecular complexity index is 208. The van der Waals surface area contributed by atoms with Gasteiger partial charge >= 0.3 is 7.60 Å². The molecular weight excluding hydrogens is 187 g/mol. The first kappa shape index (κ1) is 11.7. The number of rotatable bonds is 4. The summed E-state index contributed by atoms with van der Waals surface area (Å²) in [6.07, 6.45) is 0. The van der Waals surface area contributed by atoms with Gasteiger partial charge in [-0.3, -0.25) is 9.36 Å². The van der Waals surface area contributed by atoms with Crippen molar-refractivity contribution < 1.29 is 29.4 Å². The molecule has 0 aliphatic rings. The van der Waals surface area contributed by atoms with E-state index in [1.54, 1.807) is 0 Å². The summed E-state index contributed by atoms with van der Waals surface area (Å²) in [5.74, 6) is -4.18. The Kier molecular flexibility index (Phi) is 4.02. The molecule has 4 N–H and O–H groups in total. The maximum Gasteiger partial charge on any atom is 0.354 e. The minimum absolute atomic E-state index is 0.659. The smallest absolute Gasteiger partial charge is 0.354 e. The molecule has 0 bridgehead atoms. The van der Waals surface area contributed by atoms with Crippen molar-refractivity contribution in [1.29, 1.82) is 0 Å². The van der Waals surface area contributed by atoms with Crippen molar-refractivity contribution in [3.05, 3.63) is 0 Å². The Balaban J connectivity index is 4.54. The van der Waals surface area contributed by atoms with Crippen molar-refractivity contribution in [3.63, 3.8) is 0 Å². The van der Waals surface area contributed by atoms with Crippen LogP contribution in [0.4, 0.5) is 0 Å². The molecule has 0 amide bonds. The maximum absolute atomic E-state index is 10.6. The molecule has 0 saturated carbocycles. The molecule has 0 aliphatic heterocycles. The van der Waals surface area contributed by atoms with Gasteiger partial charge in [-0.2, -0.15) is 0 Å². The van der Waals surface area contributed by atoms with Crippen LogP contribution in [-0.4, -0.2) is 38.2 Å². The van der Waals surface area contributed by atoms with Gasteiger partial charge in [0.25, 0.3) is 0 Å². The molecule has 0 fully saturated rings. The monoisotopic (exact) mass is 198 g/mol. The van der Waals surface area contributed by atoms with E-state index in [-0.39, 0.29) is 0 Å². The van der Waals surface area contributed by atoms with E-state index in [0.29, 0.717) is 0 Å². The van der Waals surface area contributed by atoms with E-state index in [1.807, 2.05) is 0 Å². The molecule has 2 atom stereocenters. The van der Waals surface area contributed by atoms with Gasteiger partial charge in [0.05, 0.1) is 12.5 Å². The molecule has 0 aromatic heterocycles. The van der Waals surface area contributed by atoms with Gasteiger partial charge in [0.15, 0.2) is 5.85 Å². The quantitative estimate of drug-likeness (QED) is 0.416. The number of hydrogen-bond donors (Lipinski definition) is 4. The molecule has 0 saturated heterocycles. The summed E-state index contributed by atoms with van der Waals surface area (Å²) in [5, 5.41) is 17.4. The molecule has 2 unspecified atom stereocenters. The predicted molar refractivity (Wildman–Crippen MR) is 39.3 cm³/mol. The van der Waals surface area contributed by atoms with Crippen LogP contribution in [-0.2, 0) is 9.36 Å². The Hall–Kier alpha value is -0.260. The van der Waals surface area contributed by atoms with E-state index in [0.717, 1.165) is 6.92 Å². The molecule has 72 valence electrons. The second kappa shape index (κ2) is 4.11. The first-order valence-corrected chi connectivity index (χ1v) is 4.83. The fourth-order valence-corrected chi connectivity index (χ4v) is 1.44. The van der Waals surface area contributed by atoms with Gasteiger partial charge in [-0.25, -0.2) is 0 Å². The van der Waals surface area contributed by atoms with Crippen LogP contribution in [0.5, 0.6) is 0 Å². The van der Waals surface area contributed by atoms with E-state index in [2.05, 4.69) is 0 Å². The third-order valence-corrected chi connectivity index (χ3v) is 2.47. The molecule has 0 spiro atoms. The summed E-state index contributed by atoms with van der Waals surface area (Å²) in [5.41, 5.74) is 0. The summed E-state index contributed by atoms with van der Waals surface area (Å²) >= 11 is 0. The SMILES string of the molecule is CC(=O)C(CO)C(O)P(=O)(O)O. The van der Waals surface area contributed by atoms with Crippen molar-refractivity contribution in [1.82, 2.24) is 0 Å². The largest absolute Gasteiger partial charge is 0.396 e. The van der Waals surface area contributed by atoms with Crippen LogP contribution < -0.4 is 0 Å². The zero-order valence-electron chi connectivity index (χ0n) is 6.41. The summed E-state index contributed by atoms with van der Waals surface area (Å²) in [7, 11) is -4.71. The minimum Gasteiger partial charge on any atom is -0.396 e. The number of hydrogen-bond acceptors (Lipinski definition) is 4. The molecule has 6 nitrogen and oxygen atoms in total. The number of carbonyl (C=O) groups is 1. The summed E-state index contributed by atoms with van der Waals surface area (Å²) < 4.78 is 10.4. The summed E-state index contributed by atoms with van der Waals surface area (Å²) in [6.45, 7) is 0.265. The number of aliphatic hydroxyl groups excluding tert-OH is 2. The van der Waals surface area contributed by atoms with E-state index in [4.69, 9.17) is 20.0 Å². The zero-order valence-corrected chi connectivity index (χ0v) is 7.31. The zero-order chi connectivity index (χ0) is 9.94. The van der Waals surface area contributed by atoms with Crippen LogP contribution in [0.25, 0.3) is 0 Å². The van der Waals surface area contributed by atoms with Crippen molar-refractivity contribution in [2.45, 2.75) is 12.8 Å². The number of aliphatic hydroxyl groups is 2. The molecule has 0 aromatic rings. The van der Waals surface area contributed by atoms with Gasteiger partial charge < -0.3 is 20.0 Å². The summed E-state index contributed by atoms with van der Waals surface area (Å²) in [4.78, 5) is 27.5. The van der Waals surface area contributed by atoms with Crippen LogP contribution in [0.3, 0.4) is 0 Å². The Morgan fingerprint density at radius 2 is 1.92 bits per heavy atom. The van der Waals surface area contributed by atoms with E-state index >= 15 is 0 Å². The van der Waals surface area contributed by atoms with Gasteiger partial charge in [0, 0.05) is 0 Å². The van der Waals surface area contributed by atoms with Crippen LogP contribution >= 0.6 is 7.60 Å². The number of ketones is 1. The minimum atomic E-state index is -4.71. The third-order valence-electron chi connectivity index (χ3n) is 1.42. The van der Waals surface area contributed by atoms with Crippen molar-refractivity contribution >= 4 is 13.4 Å². The van der Waals surface area contributed by atoms with Crippen molar-refractivity contribution in [2.24, 2.45) is 5.92 Å². The molecule has 0 aromatic carbocycles. The number of Topliss-reactive ketones (excluding diaryl/α,β-unsaturated/α-hetero) is 1. The molecule has 7 heteroatoms. The van der Waals surface area contributed by atoms with Crippen LogP contribution in [0.15, 0.2) is 0 Å². The Morgan fingerprint density at radius 3 is 2.00 bits per heavy atom. The average molecular weight is 198 g/mol. The molecule has 0 radical (unpaired) electrons. The lowest BCUT2D eigenvalue weighted by molar-refractivity contribution is -0.124. The maximum atomic E-state index is 10.6. The molecule has 12 heavy (non-hydrogen) atoms. The average Bonchev–Trinajstić information content (AvgIpc) is 1.86. The first-order valence-electron chi connectivity index (χ1n) is 3.15. The van der Waals surface area contributed by atoms with Gasteiger partial charge in [-0.1, -0.05) is 0 Å². The van der Waals surface area contributed by atoms with Crippen LogP contribution in [0, 0.1) is 5.92 Å². The van der Waals surface area contributed by atoms with Gasteiger partial charge in [-0.15, -0.1) is 0 Å². The second-order valence-corrected chi connectivity index (χ2v) is 4.11. The molecule has 0 heterocycles. The van der Waals surface area contributed by atoms with E-state index in [1.165, 1.54) is 0 Å². The van der Waals surface area contributed by atoms with Gasteiger partial charge in [0.2, 0.25) is 0 Å². The highest BCUT2D eigenvalue weighted by Gasteiger charge is 2.36. The lowest BCUT2D eigenvalue weighted by atomic mass is 10.1. The standard InChI is InChI=1S/C5H11O6P/c1-3(7)4(2-6)5(8)12(9,10)11/h4-6,8H,2H2,1H3,(H2,9,10,11). The van der Waals surface area contributed by atoms with Crippen LogP contribution in [0.2, 0.25) is 0 Å². The highest BCUT2D eigenvalue weighted by molar-refractivity contribution is 7.52. The first-order chi connectivity index (χ1) is 5.30. The van der Waals surface area contributed by atoms with Gasteiger partial charge in [0.1, 0.15) is 5.78 Å². The van der Waals surface area contributed by atoms with Gasteiger partial charge in [-0.05, 0) is 6.92 Å². The number of carbonyl (C=O) groups excluding carboxylic acids is 1. The lowest BCUT2D eigenvalue weighted by Crippen LogP contribution is -2.29. The third kappa shape index (κ3) is 3.00. The molecular formula is C5H11O6P. The highest BCUT2D eigenvalue weighted by Crippen LogP contribution is 2.43. The fraction of sp³-hybridized carbons (Fsp3) is 0.800. The lowest BCUT2D eigenvalue weighted by Gasteiger charge is -2.18. The van der Waals surface area contributed by atoms with Crippen molar-refractivity contribution in [2.75, 3.05) is 6.61 Å². The summed E-state index contributed by atoms with van der Waals surface area (Å²) in [6, 6.07) is 0. The molecule has 0 rings (SSSR count). The molecule has 0 aliphatic carbocycles. The fourth-order valence-electron chi connectivity index (χ4n) is 0.667. The normalized spacial score (nSPS) is 17.1. The Labute approximate surface area is 69.0 Å².